The average Bonchev–Trinajstić information content (AvgIpc) is 1.85. The second kappa shape index (κ2) is 1.97. The topological polar surface area (TPSA) is 29.1 Å². The van der Waals surface area contributed by atoms with Gasteiger partial charge in [0.2, 0.25) is 0 Å². The number of thioether (sulfide) groups is 1. The van der Waals surface area contributed by atoms with Crippen LogP contribution in [0.25, 0.3) is 0 Å². The van der Waals surface area contributed by atoms with E-state index in [2.05, 4.69) is 5.32 Å². The summed E-state index contributed by atoms with van der Waals surface area (Å²) in [6.07, 6.45) is 0. The lowest BCUT2D eigenvalue weighted by Crippen LogP contribution is -2.25. The van der Waals surface area contributed by atoms with Crippen LogP contribution in [0.3, 0.4) is 0 Å². The lowest BCUT2D eigenvalue weighted by atomic mass is 10.3. The van der Waals surface area contributed by atoms with E-state index in [-0.39, 0.29) is 5.24 Å². The van der Waals surface area contributed by atoms with Crippen molar-refractivity contribution in [2.75, 3.05) is 0 Å². The van der Waals surface area contributed by atoms with Gasteiger partial charge in [0.05, 0.1) is 0 Å². The van der Waals surface area contributed by atoms with Crippen LogP contribution >= 0.6 is 11.8 Å². The van der Waals surface area contributed by atoms with Crippen molar-refractivity contribution < 1.29 is 4.79 Å². The number of amides is 1. The van der Waals surface area contributed by atoms with E-state index >= 15 is 0 Å². The molecule has 0 bridgehead atoms. The smallest absolute Gasteiger partial charge is 0.279 e. The van der Waals surface area contributed by atoms with Gasteiger partial charge in [-0.2, -0.15) is 0 Å². The van der Waals surface area contributed by atoms with E-state index in [1.165, 1.54) is 11.8 Å². The molecular weight excluding hydrogens is 122 g/mol. The van der Waals surface area contributed by atoms with E-state index in [1.54, 1.807) is 0 Å². The molecule has 2 nitrogen and oxygen atoms in total. The number of carbonyl (C=O) groups is 1. The molecule has 8 heavy (non-hydrogen) atoms. The highest BCUT2D eigenvalue weighted by atomic mass is 32.2. The summed E-state index contributed by atoms with van der Waals surface area (Å²) < 4.78 is 0. The van der Waals surface area contributed by atoms with Gasteiger partial charge < -0.3 is 5.32 Å². The first kappa shape index (κ1) is 5.95. The zero-order valence-electron chi connectivity index (χ0n) is 4.97. The summed E-state index contributed by atoms with van der Waals surface area (Å²) in [4.78, 5) is 10.5. The number of nitrogens with one attached hydrogen (secondary N) is 1. The van der Waals surface area contributed by atoms with E-state index in [4.69, 9.17) is 0 Å². The number of hydrogen-bond acceptors (Lipinski definition) is 2. The standard InChI is InChI=1S/C5H9NOS/c1-3-4(2)8-5(7)6-3/h3-4H,1-2H3,(H,6,7)/t3-,4+/m1/s1. The summed E-state index contributed by atoms with van der Waals surface area (Å²) in [5.41, 5.74) is 0. The van der Waals surface area contributed by atoms with Crippen molar-refractivity contribution in [2.45, 2.75) is 25.1 Å². The zero-order chi connectivity index (χ0) is 6.15. The second-order valence-electron chi connectivity index (χ2n) is 2.04. The van der Waals surface area contributed by atoms with Crippen molar-refractivity contribution in [1.82, 2.24) is 5.32 Å². The predicted molar refractivity (Wildman–Crippen MR) is 35.0 cm³/mol. The van der Waals surface area contributed by atoms with Crippen molar-refractivity contribution in [2.24, 2.45) is 0 Å². The van der Waals surface area contributed by atoms with Crippen molar-refractivity contribution in [3.05, 3.63) is 0 Å². The Balaban J connectivity index is 2.51. The third kappa shape index (κ3) is 0.968. The van der Waals surface area contributed by atoms with Gasteiger partial charge in [-0.1, -0.05) is 18.7 Å². The average molecular weight is 131 g/mol. The Kier molecular flexibility index (Phi) is 1.47. The Morgan fingerprint density at radius 1 is 1.62 bits per heavy atom. The minimum Gasteiger partial charge on any atom is -0.343 e. The molecule has 0 aliphatic carbocycles. The fraction of sp³-hybridized carbons (Fsp3) is 0.800. The molecule has 3 heteroatoms. The van der Waals surface area contributed by atoms with Gasteiger partial charge in [0.15, 0.2) is 0 Å². The van der Waals surface area contributed by atoms with Gasteiger partial charge in [0.1, 0.15) is 0 Å². The second-order valence-corrected chi connectivity index (χ2v) is 3.39. The molecule has 1 fully saturated rings. The third-order valence-electron chi connectivity index (χ3n) is 1.34. The summed E-state index contributed by atoms with van der Waals surface area (Å²) in [7, 11) is 0. The molecule has 0 aromatic rings. The van der Waals surface area contributed by atoms with Crippen molar-refractivity contribution in [3.63, 3.8) is 0 Å². The van der Waals surface area contributed by atoms with E-state index in [0.29, 0.717) is 11.3 Å². The Labute approximate surface area is 53.0 Å². The maximum atomic E-state index is 10.5. The van der Waals surface area contributed by atoms with Crippen molar-refractivity contribution in [3.8, 4) is 0 Å². The molecule has 1 aliphatic rings. The van der Waals surface area contributed by atoms with Gasteiger partial charge in [0, 0.05) is 11.3 Å². The normalized spacial score (nSPS) is 37.5. The van der Waals surface area contributed by atoms with Crippen LogP contribution in [-0.4, -0.2) is 16.5 Å². The fourth-order valence-electron chi connectivity index (χ4n) is 0.608. The highest BCUT2D eigenvalue weighted by Gasteiger charge is 2.25. The Morgan fingerprint density at radius 3 is 2.38 bits per heavy atom. The molecule has 0 radical (unpaired) electrons. The van der Waals surface area contributed by atoms with E-state index in [9.17, 15) is 4.79 Å². The first-order chi connectivity index (χ1) is 3.70. The molecule has 1 heterocycles. The predicted octanol–water partition coefficient (Wildman–Crippen LogP) is 1.22. The number of hydrogen-bond donors (Lipinski definition) is 1. The van der Waals surface area contributed by atoms with Crippen LogP contribution < -0.4 is 5.32 Å². The molecule has 0 saturated carbocycles. The molecule has 0 unspecified atom stereocenters. The Bertz CT molecular complexity index is 103. The lowest BCUT2D eigenvalue weighted by molar-refractivity contribution is 0.260. The van der Waals surface area contributed by atoms with E-state index in [1.807, 2.05) is 13.8 Å². The van der Waals surface area contributed by atoms with Gasteiger partial charge >= 0.3 is 0 Å². The van der Waals surface area contributed by atoms with Crippen LogP contribution in [0.15, 0.2) is 0 Å². The molecule has 1 saturated heterocycles. The van der Waals surface area contributed by atoms with Crippen LogP contribution in [0.2, 0.25) is 0 Å². The maximum Gasteiger partial charge on any atom is 0.279 e. The fourth-order valence-corrected chi connectivity index (χ4v) is 1.47. The van der Waals surface area contributed by atoms with Crippen LogP contribution in [0.1, 0.15) is 13.8 Å². The molecule has 1 rings (SSSR count). The number of rotatable bonds is 0. The van der Waals surface area contributed by atoms with Gasteiger partial charge in [-0.05, 0) is 6.92 Å². The van der Waals surface area contributed by atoms with Crippen LogP contribution in [0.5, 0.6) is 0 Å². The van der Waals surface area contributed by atoms with Gasteiger partial charge in [-0.25, -0.2) is 0 Å². The van der Waals surface area contributed by atoms with Crippen LogP contribution in [0.4, 0.5) is 4.79 Å². The maximum absolute atomic E-state index is 10.5. The molecule has 0 aromatic carbocycles. The van der Waals surface area contributed by atoms with Crippen molar-refractivity contribution in [1.29, 1.82) is 0 Å². The molecular formula is C5H9NOS. The first-order valence-electron chi connectivity index (χ1n) is 2.67. The SMILES string of the molecule is C[C@@H]1SC(=O)N[C@@H]1C. The van der Waals surface area contributed by atoms with Crippen LogP contribution in [-0.2, 0) is 0 Å². The molecule has 0 aromatic heterocycles. The highest BCUT2D eigenvalue weighted by Crippen LogP contribution is 2.21. The Morgan fingerprint density at radius 2 is 2.25 bits per heavy atom. The molecule has 46 valence electrons. The van der Waals surface area contributed by atoms with Gasteiger partial charge in [-0.3, -0.25) is 4.79 Å². The first-order valence-corrected chi connectivity index (χ1v) is 3.55. The summed E-state index contributed by atoms with van der Waals surface area (Å²) in [6.45, 7) is 4.07. The molecule has 1 aliphatic heterocycles. The minimum atomic E-state index is 0.116. The lowest BCUT2D eigenvalue weighted by Gasteiger charge is -2.03. The van der Waals surface area contributed by atoms with Crippen molar-refractivity contribution >= 4 is 17.0 Å². The molecule has 1 N–H and O–H groups in total. The summed E-state index contributed by atoms with van der Waals surface area (Å²) in [6, 6.07) is 0.354. The van der Waals surface area contributed by atoms with Crippen LogP contribution in [0, 0.1) is 0 Å². The minimum absolute atomic E-state index is 0.116. The van der Waals surface area contributed by atoms with Gasteiger partial charge in [-0.15, -0.1) is 0 Å². The monoisotopic (exact) mass is 131 g/mol. The summed E-state index contributed by atoms with van der Waals surface area (Å²) >= 11 is 1.38. The highest BCUT2D eigenvalue weighted by molar-refractivity contribution is 8.14. The zero-order valence-corrected chi connectivity index (χ0v) is 5.79. The third-order valence-corrected chi connectivity index (χ3v) is 2.45. The Hall–Kier alpha value is -0.180. The summed E-state index contributed by atoms with van der Waals surface area (Å²) in [5, 5.41) is 3.35. The molecule has 0 spiro atoms. The summed E-state index contributed by atoms with van der Waals surface area (Å²) in [5.74, 6) is 0. The van der Waals surface area contributed by atoms with Gasteiger partial charge in [0.25, 0.3) is 5.24 Å². The van der Waals surface area contributed by atoms with E-state index < -0.39 is 0 Å². The quantitative estimate of drug-likeness (QED) is 0.535. The number of carbonyl (C=O) groups excluding carboxylic acids is 1. The molecule has 1 amide bonds. The largest absolute Gasteiger partial charge is 0.343 e. The van der Waals surface area contributed by atoms with E-state index in [0.717, 1.165) is 0 Å². The molecule has 2 atom stereocenters.